The minimum absolute atomic E-state index is 0.591. The minimum Gasteiger partial charge on any atom is -0.379 e. The van der Waals surface area contributed by atoms with Crippen LogP contribution in [0.5, 0.6) is 0 Å². The van der Waals surface area contributed by atoms with E-state index in [1.165, 1.54) is 25.0 Å². The van der Waals surface area contributed by atoms with Gasteiger partial charge in [-0.25, -0.2) is 0 Å². The number of benzene rings is 1. The van der Waals surface area contributed by atoms with Gasteiger partial charge < -0.3 is 15.4 Å². The molecule has 24 heavy (non-hydrogen) atoms. The molecule has 7 heteroatoms. The number of nitrogens with one attached hydrogen (secondary N) is 2. The first-order valence-electron chi connectivity index (χ1n) is 8.17. The van der Waals surface area contributed by atoms with Crippen LogP contribution in [0.15, 0.2) is 29.3 Å². The van der Waals surface area contributed by atoms with Crippen molar-refractivity contribution in [2.75, 3.05) is 33.4 Å². The number of halogens is 3. The fourth-order valence-electron chi connectivity index (χ4n) is 2.18. The molecule has 0 aromatic heterocycles. The van der Waals surface area contributed by atoms with Crippen molar-refractivity contribution in [1.82, 2.24) is 10.6 Å². The number of ether oxygens (including phenoxy) is 1. The van der Waals surface area contributed by atoms with E-state index in [0.717, 1.165) is 30.2 Å². The largest absolute Gasteiger partial charge is 0.416 e. The maximum absolute atomic E-state index is 12.5. The van der Waals surface area contributed by atoms with Gasteiger partial charge in [-0.3, -0.25) is 4.99 Å². The van der Waals surface area contributed by atoms with Crippen LogP contribution in [0, 0.1) is 5.92 Å². The summed E-state index contributed by atoms with van der Waals surface area (Å²) < 4.78 is 43.0. The first-order valence-corrected chi connectivity index (χ1v) is 8.17. The van der Waals surface area contributed by atoms with Crippen LogP contribution in [0.1, 0.15) is 24.0 Å². The van der Waals surface area contributed by atoms with Crippen LogP contribution in [0.25, 0.3) is 0 Å². The van der Waals surface area contributed by atoms with E-state index in [0.29, 0.717) is 32.1 Å². The van der Waals surface area contributed by atoms with E-state index < -0.39 is 11.7 Å². The minimum atomic E-state index is -4.29. The Bertz CT molecular complexity index is 525. The van der Waals surface area contributed by atoms with Crippen LogP contribution in [-0.4, -0.2) is 39.3 Å². The van der Waals surface area contributed by atoms with E-state index >= 15 is 0 Å². The summed E-state index contributed by atoms with van der Waals surface area (Å²) in [4.78, 5) is 4.10. The highest BCUT2D eigenvalue weighted by molar-refractivity contribution is 5.79. The van der Waals surface area contributed by atoms with Gasteiger partial charge in [0.1, 0.15) is 0 Å². The van der Waals surface area contributed by atoms with Crippen LogP contribution in [-0.2, 0) is 17.3 Å². The Kier molecular flexibility index (Phi) is 6.90. The number of alkyl halides is 3. The van der Waals surface area contributed by atoms with Crippen molar-refractivity contribution in [2.45, 2.75) is 25.4 Å². The van der Waals surface area contributed by atoms with Crippen LogP contribution in [0.3, 0.4) is 0 Å². The topological polar surface area (TPSA) is 45.7 Å². The number of guanidine groups is 1. The summed E-state index contributed by atoms with van der Waals surface area (Å²) in [7, 11) is 1.68. The van der Waals surface area contributed by atoms with Gasteiger partial charge in [-0.2, -0.15) is 13.2 Å². The molecule has 1 aliphatic carbocycles. The molecule has 1 fully saturated rings. The van der Waals surface area contributed by atoms with Crippen molar-refractivity contribution in [3.05, 3.63) is 35.4 Å². The maximum atomic E-state index is 12.5. The molecular weight excluding hydrogens is 319 g/mol. The summed E-state index contributed by atoms with van der Waals surface area (Å²) in [6, 6.07) is 5.23. The van der Waals surface area contributed by atoms with Crippen molar-refractivity contribution < 1.29 is 17.9 Å². The Hall–Kier alpha value is -1.76. The molecule has 0 spiro atoms. The average Bonchev–Trinajstić information content (AvgIpc) is 3.37. The van der Waals surface area contributed by atoms with Crippen molar-refractivity contribution >= 4 is 5.96 Å². The normalized spacial score (nSPS) is 15.4. The molecule has 0 heterocycles. The summed E-state index contributed by atoms with van der Waals surface area (Å²) in [5, 5.41) is 6.28. The molecule has 1 saturated carbocycles. The molecule has 2 N–H and O–H groups in total. The summed E-state index contributed by atoms with van der Waals surface area (Å²) in [6.45, 7) is 2.73. The highest BCUT2D eigenvalue weighted by Crippen LogP contribution is 2.29. The fourth-order valence-corrected chi connectivity index (χ4v) is 2.18. The van der Waals surface area contributed by atoms with Gasteiger partial charge in [0, 0.05) is 26.7 Å². The SMILES string of the molecule is CN=C(NCCOCC1CC1)NCCc1ccc(C(F)(F)F)cc1. The molecule has 1 aromatic carbocycles. The summed E-state index contributed by atoms with van der Waals surface area (Å²) in [5.74, 6) is 1.42. The van der Waals surface area contributed by atoms with Crippen LogP contribution in [0.4, 0.5) is 13.2 Å². The lowest BCUT2D eigenvalue weighted by atomic mass is 10.1. The Balaban J connectivity index is 1.62. The van der Waals surface area contributed by atoms with E-state index in [2.05, 4.69) is 15.6 Å². The van der Waals surface area contributed by atoms with Crippen molar-refractivity contribution in [1.29, 1.82) is 0 Å². The number of hydrogen-bond acceptors (Lipinski definition) is 2. The van der Waals surface area contributed by atoms with Gasteiger partial charge in [0.15, 0.2) is 5.96 Å². The van der Waals surface area contributed by atoms with Gasteiger partial charge in [0.25, 0.3) is 0 Å². The van der Waals surface area contributed by atoms with Gasteiger partial charge in [0.05, 0.1) is 12.2 Å². The Morgan fingerprint density at radius 3 is 2.42 bits per heavy atom. The van der Waals surface area contributed by atoms with Crippen LogP contribution >= 0.6 is 0 Å². The van der Waals surface area contributed by atoms with E-state index in [-0.39, 0.29) is 0 Å². The van der Waals surface area contributed by atoms with E-state index in [1.54, 1.807) is 7.05 Å². The lowest BCUT2D eigenvalue weighted by Crippen LogP contribution is -2.39. The third kappa shape index (κ3) is 6.78. The molecule has 0 amide bonds. The van der Waals surface area contributed by atoms with Crippen LogP contribution < -0.4 is 10.6 Å². The monoisotopic (exact) mass is 343 g/mol. The summed E-state index contributed by atoms with van der Waals surface area (Å²) in [6.07, 6.45) is -1.11. The first-order chi connectivity index (χ1) is 11.5. The Labute approximate surface area is 140 Å². The molecule has 1 aromatic rings. The highest BCUT2D eigenvalue weighted by Gasteiger charge is 2.29. The maximum Gasteiger partial charge on any atom is 0.416 e. The third-order valence-corrected chi connectivity index (χ3v) is 3.80. The predicted molar refractivity (Wildman–Crippen MR) is 88.1 cm³/mol. The number of aliphatic imine (C=N–C) groups is 1. The van der Waals surface area contributed by atoms with Crippen molar-refractivity contribution in [3.63, 3.8) is 0 Å². The lowest BCUT2D eigenvalue weighted by Gasteiger charge is -2.12. The van der Waals surface area contributed by atoms with Gasteiger partial charge >= 0.3 is 6.18 Å². The number of hydrogen-bond donors (Lipinski definition) is 2. The fraction of sp³-hybridized carbons (Fsp3) is 0.588. The second kappa shape index (κ2) is 8.92. The predicted octanol–water partition coefficient (Wildman–Crippen LogP) is 2.84. The van der Waals surface area contributed by atoms with Crippen LogP contribution in [0.2, 0.25) is 0 Å². The molecule has 0 atom stereocenters. The molecule has 2 rings (SSSR count). The molecule has 0 saturated heterocycles. The highest BCUT2D eigenvalue weighted by atomic mass is 19.4. The molecular formula is C17H24F3N3O. The smallest absolute Gasteiger partial charge is 0.379 e. The summed E-state index contributed by atoms with van der Waals surface area (Å²) in [5.41, 5.74) is 0.224. The zero-order valence-corrected chi connectivity index (χ0v) is 13.8. The quantitative estimate of drug-likeness (QED) is 0.433. The molecule has 1 aliphatic rings. The Morgan fingerprint density at radius 1 is 1.17 bits per heavy atom. The second-order valence-electron chi connectivity index (χ2n) is 5.89. The van der Waals surface area contributed by atoms with Crippen molar-refractivity contribution in [3.8, 4) is 0 Å². The second-order valence-corrected chi connectivity index (χ2v) is 5.89. The van der Waals surface area contributed by atoms with E-state index in [4.69, 9.17) is 4.74 Å². The first kappa shape index (κ1) is 18.6. The van der Waals surface area contributed by atoms with Crippen molar-refractivity contribution in [2.24, 2.45) is 10.9 Å². The number of nitrogens with zero attached hydrogens (tertiary/aromatic N) is 1. The molecule has 0 aliphatic heterocycles. The molecule has 0 bridgehead atoms. The van der Waals surface area contributed by atoms with Gasteiger partial charge in [-0.15, -0.1) is 0 Å². The third-order valence-electron chi connectivity index (χ3n) is 3.80. The van der Waals surface area contributed by atoms with E-state index in [1.807, 2.05) is 0 Å². The lowest BCUT2D eigenvalue weighted by molar-refractivity contribution is -0.137. The molecule has 4 nitrogen and oxygen atoms in total. The van der Waals surface area contributed by atoms with E-state index in [9.17, 15) is 13.2 Å². The van der Waals surface area contributed by atoms with Gasteiger partial charge in [-0.1, -0.05) is 12.1 Å². The summed E-state index contributed by atoms with van der Waals surface area (Å²) >= 11 is 0. The molecule has 134 valence electrons. The average molecular weight is 343 g/mol. The standard InChI is InChI=1S/C17H24F3N3O/c1-21-16(23-10-11-24-12-14-2-3-14)22-9-8-13-4-6-15(7-5-13)17(18,19)20/h4-7,14H,2-3,8-12H2,1H3,(H2,21,22,23). The zero-order valence-electron chi connectivity index (χ0n) is 13.8. The molecule has 0 unspecified atom stereocenters. The Morgan fingerprint density at radius 2 is 1.83 bits per heavy atom. The molecule has 0 radical (unpaired) electrons. The number of rotatable bonds is 8. The van der Waals surface area contributed by atoms with Gasteiger partial charge in [-0.05, 0) is 42.9 Å². The van der Waals surface area contributed by atoms with Gasteiger partial charge in [0.2, 0.25) is 0 Å². The zero-order chi connectivity index (χ0) is 17.4.